The van der Waals surface area contributed by atoms with Crippen LogP contribution in [0.25, 0.3) is 0 Å². The van der Waals surface area contributed by atoms with Crippen LogP contribution in [0.5, 0.6) is 0 Å². The van der Waals surface area contributed by atoms with Crippen LogP contribution in [0.1, 0.15) is 37.7 Å². The summed E-state index contributed by atoms with van der Waals surface area (Å²) in [6, 6.07) is 8.00. The van der Waals surface area contributed by atoms with Gasteiger partial charge in [0.05, 0.1) is 24.9 Å². The predicted molar refractivity (Wildman–Crippen MR) is 100 cm³/mol. The van der Waals surface area contributed by atoms with Gasteiger partial charge in [0, 0.05) is 12.1 Å². The minimum absolute atomic E-state index is 0.185. The molecule has 1 saturated heterocycles. The number of Topliss-reactive ketones (excluding diaryl/α,β-unsaturated/α-hetero) is 1. The van der Waals surface area contributed by atoms with Gasteiger partial charge >= 0.3 is 12.0 Å². The monoisotopic (exact) mass is 383 g/mol. The smallest absolute Gasteiger partial charge is 0.339 e. The topological polar surface area (TPSA) is 109 Å². The normalized spacial score (nSPS) is 16.2. The molecule has 2 heterocycles. The summed E-state index contributed by atoms with van der Waals surface area (Å²) in [4.78, 5) is 53.2. The third kappa shape index (κ3) is 3.53. The van der Waals surface area contributed by atoms with Gasteiger partial charge in [0.25, 0.3) is 5.91 Å². The number of rotatable bonds is 6. The largest absolute Gasteiger partial charge is 0.465 e. The molecule has 0 unspecified atom stereocenters. The number of carbonyl (C=O) groups is 4. The summed E-state index contributed by atoms with van der Waals surface area (Å²) >= 11 is 0. The van der Waals surface area contributed by atoms with Crippen molar-refractivity contribution in [3.05, 3.63) is 58.4 Å². The van der Waals surface area contributed by atoms with E-state index in [1.807, 2.05) is 30.3 Å². The Hall–Kier alpha value is -3.42. The van der Waals surface area contributed by atoms with Crippen molar-refractivity contribution in [1.29, 1.82) is 0 Å². The van der Waals surface area contributed by atoms with Crippen LogP contribution in [0.4, 0.5) is 4.79 Å². The molecule has 3 rings (SSSR count). The number of aromatic nitrogens is 1. The molecule has 8 heteroatoms. The van der Waals surface area contributed by atoms with Gasteiger partial charge in [-0.25, -0.2) is 9.59 Å². The molecular formula is C20H21N3O5. The molecular weight excluding hydrogens is 362 g/mol. The number of ether oxygens (including phenoxy) is 1. The summed E-state index contributed by atoms with van der Waals surface area (Å²) in [5.41, 5.74) is 2.30. The number of esters is 1. The van der Waals surface area contributed by atoms with Gasteiger partial charge in [-0.15, -0.1) is 0 Å². The average molecular weight is 383 g/mol. The summed E-state index contributed by atoms with van der Waals surface area (Å²) < 4.78 is 4.73. The second kappa shape index (κ2) is 7.67. The van der Waals surface area contributed by atoms with Gasteiger partial charge in [0.15, 0.2) is 5.78 Å². The third-order valence-corrected chi connectivity index (χ3v) is 4.80. The van der Waals surface area contributed by atoms with Crippen LogP contribution in [0.3, 0.4) is 0 Å². The molecule has 2 N–H and O–H groups in total. The number of H-pyrrole nitrogens is 1. The van der Waals surface area contributed by atoms with Gasteiger partial charge in [0.2, 0.25) is 0 Å². The van der Waals surface area contributed by atoms with E-state index in [4.69, 9.17) is 4.74 Å². The van der Waals surface area contributed by atoms with Gasteiger partial charge in [-0.05, 0) is 25.0 Å². The standard InChI is InChI=1S/C20H21N3O5/c1-11-16(19(26)28-3)12(2)21-17(11)15(24)10-23-18(25)14(22-20(23)27)9-13-7-5-4-6-8-13/h4-8,14,21H,9-10H2,1-3H3,(H,22,27)/t14-/m1/s1. The Morgan fingerprint density at radius 2 is 1.82 bits per heavy atom. The van der Waals surface area contributed by atoms with Crippen molar-refractivity contribution in [3.63, 3.8) is 0 Å². The Morgan fingerprint density at radius 3 is 2.46 bits per heavy atom. The lowest BCUT2D eigenvalue weighted by Gasteiger charge is -2.12. The van der Waals surface area contributed by atoms with Crippen molar-refractivity contribution in [2.24, 2.45) is 0 Å². The van der Waals surface area contributed by atoms with Crippen LogP contribution in [-0.4, -0.2) is 53.3 Å². The van der Waals surface area contributed by atoms with Crippen molar-refractivity contribution in [3.8, 4) is 0 Å². The average Bonchev–Trinajstić information content (AvgIpc) is 3.12. The molecule has 0 aliphatic carbocycles. The zero-order chi connectivity index (χ0) is 20.4. The number of aryl methyl sites for hydroxylation is 1. The molecule has 2 aromatic rings. The molecule has 1 aromatic carbocycles. The minimum atomic E-state index is -0.709. The third-order valence-electron chi connectivity index (χ3n) is 4.80. The van der Waals surface area contributed by atoms with Gasteiger partial charge in [0.1, 0.15) is 6.04 Å². The maximum atomic E-state index is 12.7. The van der Waals surface area contributed by atoms with E-state index in [1.165, 1.54) is 7.11 Å². The first-order valence-electron chi connectivity index (χ1n) is 8.80. The first kappa shape index (κ1) is 19.3. The van der Waals surface area contributed by atoms with Crippen molar-refractivity contribution >= 4 is 23.7 Å². The van der Waals surface area contributed by atoms with E-state index in [0.717, 1.165) is 10.5 Å². The zero-order valence-corrected chi connectivity index (χ0v) is 15.9. The van der Waals surface area contributed by atoms with E-state index in [2.05, 4.69) is 10.3 Å². The van der Waals surface area contributed by atoms with Crippen LogP contribution in [0.15, 0.2) is 30.3 Å². The number of ketones is 1. The second-order valence-corrected chi connectivity index (χ2v) is 6.66. The fraction of sp³-hybridized carbons (Fsp3) is 0.300. The summed E-state index contributed by atoms with van der Waals surface area (Å²) in [6.07, 6.45) is 0.350. The van der Waals surface area contributed by atoms with Crippen molar-refractivity contribution in [1.82, 2.24) is 15.2 Å². The van der Waals surface area contributed by atoms with E-state index in [9.17, 15) is 19.2 Å². The van der Waals surface area contributed by atoms with Gasteiger partial charge in [-0.3, -0.25) is 14.5 Å². The number of urea groups is 1. The number of methoxy groups -OCH3 is 1. The molecule has 1 aliphatic heterocycles. The first-order valence-corrected chi connectivity index (χ1v) is 8.80. The molecule has 0 spiro atoms. The van der Waals surface area contributed by atoms with Gasteiger partial charge in [-0.2, -0.15) is 0 Å². The van der Waals surface area contributed by atoms with Gasteiger partial charge < -0.3 is 15.0 Å². The van der Waals surface area contributed by atoms with E-state index >= 15 is 0 Å². The quantitative estimate of drug-likeness (QED) is 0.449. The molecule has 1 fully saturated rings. The molecule has 28 heavy (non-hydrogen) atoms. The molecule has 1 aliphatic rings. The number of nitrogens with one attached hydrogen (secondary N) is 2. The fourth-order valence-corrected chi connectivity index (χ4v) is 3.37. The highest BCUT2D eigenvalue weighted by atomic mass is 16.5. The van der Waals surface area contributed by atoms with E-state index < -0.39 is 36.3 Å². The lowest BCUT2D eigenvalue weighted by molar-refractivity contribution is -0.127. The molecule has 1 aromatic heterocycles. The molecule has 0 radical (unpaired) electrons. The SMILES string of the molecule is COC(=O)c1c(C)[nH]c(C(=O)CN2C(=O)N[C@H](Cc3ccccc3)C2=O)c1C. The maximum absolute atomic E-state index is 12.7. The van der Waals surface area contributed by atoms with Gasteiger partial charge in [-0.1, -0.05) is 30.3 Å². The summed E-state index contributed by atoms with van der Waals surface area (Å²) in [5.74, 6) is -1.46. The Labute approximate surface area is 161 Å². The van der Waals surface area contributed by atoms with E-state index in [1.54, 1.807) is 13.8 Å². The zero-order valence-electron chi connectivity index (χ0n) is 15.9. The van der Waals surface area contributed by atoms with Crippen LogP contribution in [-0.2, 0) is 16.0 Å². The maximum Gasteiger partial charge on any atom is 0.339 e. The molecule has 0 saturated carbocycles. The molecule has 146 valence electrons. The number of carbonyl (C=O) groups excluding carboxylic acids is 4. The van der Waals surface area contributed by atoms with Crippen molar-refractivity contribution < 1.29 is 23.9 Å². The Balaban J connectivity index is 1.75. The second-order valence-electron chi connectivity index (χ2n) is 6.66. The van der Waals surface area contributed by atoms with E-state index in [-0.39, 0.29) is 11.3 Å². The minimum Gasteiger partial charge on any atom is -0.465 e. The van der Waals surface area contributed by atoms with E-state index in [0.29, 0.717) is 17.7 Å². The number of imide groups is 1. The number of aromatic amines is 1. The number of nitrogens with zero attached hydrogens (tertiary/aromatic N) is 1. The number of benzene rings is 1. The lowest BCUT2D eigenvalue weighted by atomic mass is 10.1. The van der Waals surface area contributed by atoms with Crippen molar-refractivity contribution in [2.45, 2.75) is 26.3 Å². The van der Waals surface area contributed by atoms with Crippen LogP contribution in [0, 0.1) is 13.8 Å². The van der Waals surface area contributed by atoms with Crippen molar-refractivity contribution in [2.75, 3.05) is 13.7 Å². The first-order chi connectivity index (χ1) is 13.3. The summed E-state index contributed by atoms with van der Waals surface area (Å²) in [6.45, 7) is 2.87. The molecule has 1 atom stereocenters. The highest BCUT2D eigenvalue weighted by molar-refractivity contribution is 6.10. The summed E-state index contributed by atoms with van der Waals surface area (Å²) in [7, 11) is 1.26. The van der Waals surface area contributed by atoms with Crippen LogP contribution in [0.2, 0.25) is 0 Å². The molecule has 0 bridgehead atoms. The number of amides is 3. The molecule has 8 nitrogen and oxygen atoms in total. The Kier molecular flexibility index (Phi) is 5.30. The highest BCUT2D eigenvalue weighted by Crippen LogP contribution is 2.20. The Bertz CT molecular complexity index is 948. The number of hydrogen-bond acceptors (Lipinski definition) is 5. The number of hydrogen-bond donors (Lipinski definition) is 2. The Morgan fingerprint density at radius 1 is 1.14 bits per heavy atom. The summed E-state index contributed by atoms with van der Waals surface area (Å²) in [5, 5.41) is 2.62. The fourth-order valence-electron chi connectivity index (χ4n) is 3.37. The lowest BCUT2D eigenvalue weighted by Crippen LogP contribution is -2.36. The highest BCUT2D eigenvalue weighted by Gasteiger charge is 2.39. The molecule has 3 amide bonds. The van der Waals surface area contributed by atoms with Crippen LogP contribution < -0.4 is 5.32 Å². The van der Waals surface area contributed by atoms with Crippen LogP contribution >= 0.6 is 0 Å². The predicted octanol–water partition coefficient (Wildman–Crippen LogP) is 1.76.